The van der Waals surface area contributed by atoms with Gasteiger partial charge in [-0.2, -0.15) is 0 Å². The Balaban J connectivity index is 1.76. The number of aromatic amines is 1. The summed E-state index contributed by atoms with van der Waals surface area (Å²) in [4.78, 5) is 31.8. The number of rotatable bonds is 5. The van der Waals surface area contributed by atoms with Gasteiger partial charge in [-0.1, -0.05) is 12.1 Å². The van der Waals surface area contributed by atoms with Crippen LogP contribution in [0.3, 0.4) is 0 Å². The molecule has 0 aliphatic carbocycles. The minimum absolute atomic E-state index is 0.0336. The highest BCUT2D eigenvalue weighted by atomic mass is 16.5. The third-order valence-corrected chi connectivity index (χ3v) is 5.13. The van der Waals surface area contributed by atoms with E-state index >= 15 is 0 Å². The van der Waals surface area contributed by atoms with Gasteiger partial charge in [-0.05, 0) is 45.4 Å². The van der Waals surface area contributed by atoms with E-state index < -0.39 is 0 Å². The monoisotopic (exact) mass is 369 g/mol. The molecular weight excluding hydrogens is 342 g/mol. The number of amides is 1. The number of fused-ring (bicyclic) bond motifs is 1. The molecule has 1 aliphatic heterocycles. The fourth-order valence-corrected chi connectivity index (χ4v) is 3.84. The van der Waals surface area contributed by atoms with Crippen molar-refractivity contribution >= 4 is 17.4 Å². The summed E-state index contributed by atoms with van der Waals surface area (Å²) < 4.78 is 6.12. The molecule has 0 fully saturated rings. The van der Waals surface area contributed by atoms with Crippen molar-refractivity contribution < 1.29 is 14.3 Å². The lowest BCUT2D eigenvalue weighted by Gasteiger charge is -2.37. The number of carbonyl (C=O) groups is 2. The molecule has 1 aromatic heterocycles. The number of ether oxygens (including phenoxy) is 1. The van der Waals surface area contributed by atoms with E-state index in [1.807, 2.05) is 32.0 Å². The summed E-state index contributed by atoms with van der Waals surface area (Å²) in [5, 5.41) is 0. The molecule has 6 nitrogen and oxygen atoms in total. The van der Waals surface area contributed by atoms with Crippen molar-refractivity contribution in [2.45, 2.75) is 33.8 Å². The lowest BCUT2D eigenvalue weighted by molar-refractivity contribution is 0.0704. The van der Waals surface area contributed by atoms with Crippen LogP contribution >= 0.6 is 0 Å². The normalized spacial score (nSPS) is 15.9. The van der Waals surface area contributed by atoms with Gasteiger partial charge in [0.1, 0.15) is 17.5 Å². The molecule has 6 heteroatoms. The van der Waals surface area contributed by atoms with E-state index in [9.17, 15) is 9.59 Å². The Hall–Kier alpha value is -2.76. The number of benzene rings is 1. The molecule has 2 heterocycles. The van der Waals surface area contributed by atoms with Gasteiger partial charge in [0, 0.05) is 24.8 Å². The van der Waals surface area contributed by atoms with Gasteiger partial charge in [-0.25, -0.2) is 0 Å². The second-order valence-electron chi connectivity index (χ2n) is 7.11. The van der Waals surface area contributed by atoms with Gasteiger partial charge in [-0.15, -0.1) is 0 Å². The predicted octanol–water partition coefficient (Wildman–Crippen LogP) is 3.19. The van der Waals surface area contributed by atoms with Crippen molar-refractivity contribution in [3.63, 3.8) is 0 Å². The van der Waals surface area contributed by atoms with Gasteiger partial charge in [-0.3, -0.25) is 9.59 Å². The van der Waals surface area contributed by atoms with Crippen LogP contribution in [-0.2, 0) is 0 Å². The van der Waals surface area contributed by atoms with Crippen molar-refractivity contribution in [2.75, 3.05) is 31.6 Å². The first kappa shape index (κ1) is 19.0. The minimum Gasteiger partial charge on any atom is -0.485 e. The van der Waals surface area contributed by atoms with Crippen molar-refractivity contribution in [1.29, 1.82) is 0 Å². The highest BCUT2D eigenvalue weighted by Gasteiger charge is 2.28. The minimum atomic E-state index is -0.131. The summed E-state index contributed by atoms with van der Waals surface area (Å²) in [6.45, 7) is 9.35. The summed E-state index contributed by atoms with van der Waals surface area (Å²) in [5.41, 5.74) is 3.61. The number of nitrogens with zero attached hydrogens (tertiary/aromatic N) is 2. The fraction of sp³-hybridized carbons (Fsp3) is 0.429. The average Bonchev–Trinajstić information content (AvgIpc) is 2.94. The third kappa shape index (κ3) is 3.56. The van der Waals surface area contributed by atoms with E-state index in [1.54, 1.807) is 11.9 Å². The molecule has 2 aromatic rings. The Labute approximate surface area is 160 Å². The first-order valence-corrected chi connectivity index (χ1v) is 9.29. The van der Waals surface area contributed by atoms with Gasteiger partial charge < -0.3 is 19.5 Å². The maximum atomic E-state index is 12.9. The number of hydrogen-bond donors (Lipinski definition) is 1. The van der Waals surface area contributed by atoms with Crippen molar-refractivity contribution in [3.05, 3.63) is 46.8 Å². The second-order valence-corrected chi connectivity index (χ2v) is 7.11. The number of H-pyrrole nitrogens is 1. The van der Waals surface area contributed by atoms with Gasteiger partial charge >= 0.3 is 0 Å². The lowest BCUT2D eigenvalue weighted by atomic mass is 10.1. The van der Waals surface area contributed by atoms with E-state index in [-0.39, 0.29) is 17.8 Å². The fourth-order valence-electron chi connectivity index (χ4n) is 3.84. The largest absolute Gasteiger partial charge is 0.485 e. The molecule has 0 saturated heterocycles. The first-order valence-electron chi connectivity index (χ1n) is 9.29. The topological polar surface area (TPSA) is 65.6 Å². The summed E-state index contributed by atoms with van der Waals surface area (Å²) in [6.07, 6.45) is -0.113. The molecular formula is C21H27N3O3. The number of likely N-dealkylation sites (N-methyl/N-ethyl adjacent to an activating group) is 2. The molecule has 27 heavy (non-hydrogen) atoms. The second kappa shape index (κ2) is 7.47. The number of aromatic nitrogens is 1. The Morgan fingerprint density at radius 3 is 2.63 bits per heavy atom. The summed E-state index contributed by atoms with van der Waals surface area (Å²) >= 11 is 0. The van der Waals surface area contributed by atoms with Gasteiger partial charge in [0.15, 0.2) is 5.78 Å². The summed E-state index contributed by atoms with van der Waals surface area (Å²) in [7, 11) is 1.77. The van der Waals surface area contributed by atoms with Crippen LogP contribution < -0.4 is 9.64 Å². The maximum absolute atomic E-state index is 12.9. The quantitative estimate of drug-likeness (QED) is 0.822. The van der Waals surface area contributed by atoms with Crippen LogP contribution in [-0.4, -0.2) is 54.4 Å². The molecule has 1 N–H and O–H groups in total. The van der Waals surface area contributed by atoms with Crippen LogP contribution in [0.2, 0.25) is 0 Å². The molecule has 0 saturated carbocycles. The molecule has 144 valence electrons. The predicted molar refractivity (Wildman–Crippen MR) is 106 cm³/mol. The number of Topliss-reactive ketones (excluding diaryl/α,β-unsaturated/α-hetero) is 1. The number of aryl methyl sites for hydroxylation is 1. The first-order chi connectivity index (χ1) is 12.8. The van der Waals surface area contributed by atoms with Gasteiger partial charge in [0.2, 0.25) is 0 Å². The zero-order valence-corrected chi connectivity index (χ0v) is 16.6. The summed E-state index contributed by atoms with van der Waals surface area (Å²) in [6, 6.07) is 7.98. The maximum Gasteiger partial charge on any atom is 0.270 e. The number of para-hydroxylation sites is 2. The molecule has 0 radical (unpaired) electrons. The molecule has 1 aromatic carbocycles. The SMILES string of the molecule is CCN1CC(CN(C)C(=O)c2[nH]c(C)c(C(C)=O)c2C)Oc2ccccc21. The summed E-state index contributed by atoms with van der Waals surface area (Å²) in [5.74, 6) is 0.685. The average molecular weight is 369 g/mol. The lowest BCUT2D eigenvalue weighted by Crippen LogP contribution is -2.47. The standard InChI is InChI=1S/C21H27N3O3/c1-6-24-12-16(27-18-10-8-7-9-17(18)24)11-23(5)21(26)20-13(2)19(15(4)25)14(3)22-20/h7-10,16,22H,6,11-12H2,1-5H3. The van der Waals surface area contributed by atoms with Crippen molar-refractivity contribution in [1.82, 2.24) is 9.88 Å². The van der Waals surface area contributed by atoms with Crippen LogP contribution in [0.4, 0.5) is 5.69 Å². The number of nitrogens with one attached hydrogen (secondary N) is 1. The van der Waals surface area contributed by atoms with Crippen molar-refractivity contribution in [2.24, 2.45) is 0 Å². The Bertz CT molecular complexity index is 872. The van der Waals surface area contributed by atoms with Crippen LogP contribution in [0.1, 0.15) is 46.0 Å². The smallest absolute Gasteiger partial charge is 0.270 e. The molecule has 1 aliphatic rings. The zero-order chi connectivity index (χ0) is 19.7. The van der Waals surface area contributed by atoms with E-state index in [0.29, 0.717) is 23.4 Å². The Morgan fingerprint density at radius 2 is 2.00 bits per heavy atom. The van der Waals surface area contributed by atoms with Crippen molar-refractivity contribution in [3.8, 4) is 5.75 Å². The number of carbonyl (C=O) groups excluding carboxylic acids is 2. The van der Waals surface area contributed by atoms with Crippen LogP contribution in [0.15, 0.2) is 24.3 Å². The molecule has 1 atom stereocenters. The van der Waals surface area contributed by atoms with Gasteiger partial charge in [0.05, 0.1) is 18.8 Å². The number of ketones is 1. The number of anilines is 1. The van der Waals surface area contributed by atoms with Crippen LogP contribution in [0.25, 0.3) is 0 Å². The van der Waals surface area contributed by atoms with E-state index in [2.05, 4.69) is 22.9 Å². The molecule has 0 spiro atoms. The number of hydrogen-bond acceptors (Lipinski definition) is 4. The van der Waals surface area contributed by atoms with E-state index in [0.717, 1.165) is 30.2 Å². The zero-order valence-electron chi connectivity index (χ0n) is 16.6. The van der Waals surface area contributed by atoms with E-state index in [1.165, 1.54) is 6.92 Å². The van der Waals surface area contributed by atoms with E-state index in [4.69, 9.17) is 4.74 Å². The van der Waals surface area contributed by atoms with Crippen LogP contribution in [0.5, 0.6) is 5.75 Å². The molecule has 0 bridgehead atoms. The highest BCUT2D eigenvalue weighted by Crippen LogP contribution is 2.33. The molecule has 3 rings (SSSR count). The Morgan fingerprint density at radius 1 is 1.30 bits per heavy atom. The van der Waals surface area contributed by atoms with Crippen LogP contribution in [0, 0.1) is 13.8 Å². The molecule has 1 unspecified atom stereocenters. The van der Waals surface area contributed by atoms with Gasteiger partial charge in [0.25, 0.3) is 5.91 Å². The third-order valence-electron chi connectivity index (χ3n) is 5.13. The highest BCUT2D eigenvalue weighted by molar-refractivity contribution is 6.02. The Kier molecular flexibility index (Phi) is 5.26. The molecule has 1 amide bonds.